The van der Waals surface area contributed by atoms with E-state index < -0.39 is 12.0 Å². The van der Waals surface area contributed by atoms with Crippen molar-refractivity contribution in [1.29, 1.82) is 0 Å². The number of allylic oxidation sites excluding steroid dienone is 1. The molecule has 1 aliphatic heterocycles. The Kier molecular flexibility index (Phi) is 8.95. The van der Waals surface area contributed by atoms with Gasteiger partial charge in [0.15, 0.2) is 4.80 Å². The minimum atomic E-state index is -0.603. The molecular formula is C30H35N3O3S2. The first-order valence-electron chi connectivity index (χ1n) is 13.0. The number of benzene rings is 2. The average Bonchev–Trinajstić information content (AvgIpc) is 3.22. The Morgan fingerprint density at radius 3 is 2.37 bits per heavy atom. The Balaban J connectivity index is 1.82. The molecule has 0 bridgehead atoms. The molecule has 0 radical (unpaired) electrons. The summed E-state index contributed by atoms with van der Waals surface area (Å²) in [5.74, 6) is -0.228. The number of thioether (sulfide) groups is 1. The Morgan fingerprint density at radius 1 is 1.13 bits per heavy atom. The molecule has 4 rings (SSSR count). The number of carbonyl (C=O) groups is 1. The molecule has 38 heavy (non-hydrogen) atoms. The van der Waals surface area contributed by atoms with E-state index in [0.717, 1.165) is 34.8 Å². The van der Waals surface area contributed by atoms with Gasteiger partial charge < -0.3 is 9.64 Å². The summed E-state index contributed by atoms with van der Waals surface area (Å²) in [6.45, 7) is 12.3. The fourth-order valence-electron chi connectivity index (χ4n) is 4.53. The number of carbonyl (C=O) groups excluding carboxylic acids is 1. The van der Waals surface area contributed by atoms with Crippen molar-refractivity contribution >= 4 is 40.8 Å². The van der Waals surface area contributed by atoms with Crippen molar-refractivity contribution in [2.75, 3.05) is 30.9 Å². The van der Waals surface area contributed by atoms with Gasteiger partial charge in [-0.3, -0.25) is 9.36 Å². The smallest absolute Gasteiger partial charge is 0.338 e. The molecule has 1 atom stereocenters. The van der Waals surface area contributed by atoms with Crippen molar-refractivity contribution in [3.8, 4) is 0 Å². The summed E-state index contributed by atoms with van der Waals surface area (Å²) in [6, 6.07) is 15.6. The van der Waals surface area contributed by atoms with E-state index in [4.69, 9.17) is 9.73 Å². The van der Waals surface area contributed by atoms with Crippen LogP contribution < -0.4 is 19.8 Å². The number of nitrogens with zero attached hydrogens (tertiary/aromatic N) is 3. The summed E-state index contributed by atoms with van der Waals surface area (Å²) in [5.41, 5.74) is 3.77. The van der Waals surface area contributed by atoms with Crippen LogP contribution in [0.25, 0.3) is 6.08 Å². The first-order chi connectivity index (χ1) is 18.3. The molecule has 8 heteroatoms. The lowest BCUT2D eigenvalue weighted by Gasteiger charge is -2.25. The van der Waals surface area contributed by atoms with Crippen molar-refractivity contribution in [2.45, 2.75) is 45.6 Å². The van der Waals surface area contributed by atoms with Gasteiger partial charge in [-0.2, -0.15) is 0 Å². The molecule has 200 valence electrons. The van der Waals surface area contributed by atoms with Gasteiger partial charge in [0.25, 0.3) is 5.56 Å². The number of aromatic nitrogens is 1. The van der Waals surface area contributed by atoms with Crippen LogP contribution in [0.5, 0.6) is 0 Å². The summed E-state index contributed by atoms with van der Waals surface area (Å²) >= 11 is 2.99. The van der Waals surface area contributed by atoms with Gasteiger partial charge in [0.1, 0.15) is 0 Å². The minimum absolute atomic E-state index is 0.165. The van der Waals surface area contributed by atoms with Gasteiger partial charge in [-0.1, -0.05) is 49.4 Å². The maximum atomic E-state index is 13.8. The van der Waals surface area contributed by atoms with Crippen LogP contribution in [0.15, 0.2) is 74.5 Å². The van der Waals surface area contributed by atoms with Gasteiger partial charge in [0, 0.05) is 23.7 Å². The summed E-state index contributed by atoms with van der Waals surface area (Å²) in [7, 11) is 0. The summed E-state index contributed by atoms with van der Waals surface area (Å²) in [6.07, 6.45) is 3.92. The largest absolute Gasteiger partial charge is 0.462 e. The van der Waals surface area contributed by atoms with Crippen LogP contribution >= 0.6 is 23.1 Å². The highest BCUT2D eigenvalue weighted by molar-refractivity contribution is 7.98. The molecule has 1 unspecified atom stereocenters. The van der Waals surface area contributed by atoms with E-state index in [9.17, 15) is 9.59 Å². The van der Waals surface area contributed by atoms with Gasteiger partial charge in [-0.25, -0.2) is 9.79 Å². The first kappa shape index (κ1) is 27.9. The lowest BCUT2D eigenvalue weighted by molar-refractivity contribution is -0.140. The fourth-order valence-corrected chi connectivity index (χ4v) is 5.98. The Labute approximate surface area is 232 Å². The Morgan fingerprint density at radius 2 is 1.79 bits per heavy atom. The van der Waals surface area contributed by atoms with Crippen LogP contribution in [-0.2, 0) is 9.53 Å². The summed E-state index contributed by atoms with van der Waals surface area (Å²) < 4.78 is 7.86. The molecule has 1 aromatic heterocycles. The van der Waals surface area contributed by atoms with Crippen LogP contribution in [0.2, 0.25) is 0 Å². The molecule has 2 aromatic carbocycles. The van der Waals surface area contributed by atoms with Gasteiger partial charge in [0.05, 0.1) is 28.5 Å². The quantitative estimate of drug-likeness (QED) is 0.278. The third-order valence-corrected chi connectivity index (χ3v) is 8.27. The van der Waals surface area contributed by atoms with Gasteiger partial charge in [0.2, 0.25) is 0 Å². The lowest BCUT2D eigenvalue weighted by Crippen LogP contribution is -2.40. The molecule has 3 aromatic rings. The second kappa shape index (κ2) is 12.2. The van der Waals surface area contributed by atoms with E-state index in [1.54, 1.807) is 16.3 Å². The fraction of sp³-hybridized carbons (Fsp3) is 0.367. The van der Waals surface area contributed by atoms with E-state index >= 15 is 0 Å². The molecule has 0 fully saturated rings. The summed E-state index contributed by atoms with van der Waals surface area (Å²) in [5, 5.41) is 0. The number of thiazole rings is 1. The zero-order valence-corrected chi connectivity index (χ0v) is 24.5. The molecular weight excluding hydrogens is 514 g/mol. The molecule has 6 nitrogen and oxygen atoms in total. The van der Waals surface area contributed by atoms with Crippen molar-refractivity contribution in [3.05, 3.63) is 90.6 Å². The molecule has 0 saturated carbocycles. The highest BCUT2D eigenvalue weighted by Gasteiger charge is 2.33. The zero-order chi connectivity index (χ0) is 27.4. The van der Waals surface area contributed by atoms with Gasteiger partial charge >= 0.3 is 5.97 Å². The zero-order valence-electron chi connectivity index (χ0n) is 22.9. The molecule has 0 N–H and O–H groups in total. The number of fused-ring (bicyclic) bond motifs is 1. The van der Waals surface area contributed by atoms with E-state index in [1.165, 1.54) is 11.3 Å². The van der Waals surface area contributed by atoms with Crippen molar-refractivity contribution < 1.29 is 9.53 Å². The third kappa shape index (κ3) is 5.81. The molecule has 0 aliphatic carbocycles. The monoisotopic (exact) mass is 549 g/mol. The second-order valence-corrected chi connectivity index (χ2v) is 11.5. The standard InChI is InChI=1S/C30H35N3O3S2/c1-7-32(8-2)23-13-9-21(10-14-23)17-25-28(34)33-27(22-11-15-24(37-6)16-12-22)26(20(5)31-30(33)38-25)29(35)36-18-19(3)4/h9-17,19,27H,7-8,18H2,1-6H3. The molecule has 2 heterocycles. The maximum Gasteiger partial charge on any atom is 0.338 e. The van der Waals surface area contributed by atoms with Gasteiger partial charge in [-0.05, 0) is 74.4 Å². The number of hydrogen-bond acceptors (Lipinski definition) is 7. The van der Waals surface area contributed by atoms with E-state index in [1.807, 2.05) is 69.5 Å². The minimum Gasteiger partial charge on any atom is -0.462 e. The molecule has 0 amide bonds. The summed E-state index contributed by atoms with van der Waals surface area (Å²) in [4.78, 5) is 35.8. The lowest BCUT2D eigenvalue weighted by atomic mass is 9.96. The highest BCUT2D eigenvalue weighted by atomic mass is 32.2. The van der Waals surface area contributed by atoms with Crippen molar-refractivity contribution in [1.82, 2.24) is 4.57 Å². The van der Waals surface area contributed by atoms with E-state index in [0.29, 0.717) is 27.2 Å². The third-order valence-electron chi connectivity index (χ3n) is 6.54. The number of hydrogen-bond donors (Lipinski definition) is 0. The van der Waals surface area contributed by atoms with Crippen molar-refractivity contribution in [3.63, 3.8) is 0 Å². The number of rotatable bonds is 9. The number of anilines is 1. The van der Waals surface area contributed by atoms with Crippen LogP contribution in [0.3, 0.4) is 0 Å². The Hall–Kier alpha value is -3.10. The first-order valence-corrected chi connectivity index (χ1v) is 15.0. The topological polar surface area (TPSA) is 63.9 Å². The number of ether oxygens (including phenoxy) is 1. The van der Waals surface area contributed by atoms with Crippen LogP contribution in [0.4, 0.5) is 5.69 Å². The number of esters is 1. The van der Waals surface area contributed by atoms with Crippen LogP contribution in [0.1, 0.15) is 51.8 Å². The van der Waals surface area contributed by atoms with Crippen LogP contribution in [0, 0.1) is 5.92 Å². The predicted molar refractivity (Wildman–Crippen MR) is 158 cm³/mol. The second-order valence-electron chi connectivity index (χ2n) is 9.61. The average molecular weight is 550 g/mol. The molecule has 0 spiro atoms. The maximum absolute atomic E-state index is 13.8. The molecule has 0 saturated heterocycles. The van der Waals surface area contributed by atoms with Crippen molar-refractivity contribution in [2.24, 2.45) is 10.9 Å². The van der Waals surface area contributed by atoms with E-state index in [2.05, 4.69) is 30.9 Å². The van der Waals surface area contributed by atoms with Gasteiger partial charge in [-0.15, -0.1) is 11.8 Å². The van der Waals surface area contributed by atoms with E-state index in [-0.39, 0.29) is 11.5 Å². The SMILES string of the molecule is CCN(CC)c1ccc(C=c2sc3n(c2=O)C(c2ccc(SC)cc2)C(C(=O)OCC(C)C)=C(C)N=3)cc1. The molecule has 1 aliphatic rings. The van der Waals surface area contributed by atoms with Crippen LogP contribution in [-0.4, -0.2) is 36.5 Å². The predicted octanol–water partition coefficient (Wildman–Crippen LogP) is 5.00. The Bertz CT molecular complexity index is 1500. The highest BCUT2D eigenvalue weighted by Crippen LogP contribution is 2.31. The normalized spacial score (nSPS) is 15.4.